The number of carbonyl (C=O) groups excluding carboxylic acids is 1. The van der Waals surface area contributed by atoms with Crippen LogP contribution in [0.25, 0.3) is 0 Å². The molecular formula is C18H18N2O3S. The minimum atomic E-state index is -0.181. The van der Waals surface area contributed by atoms with Crippen molar-refractivity contribution < 1.29 is 13.9 Å². The number of aryl methyl sites for hydroxylation is 1. The number of carbonyl (C=O) groups is 1. The van der Waals surface area contributed by atoms with E-state index in [4.69, 9.17) is 9.15 Å². The smallest absolute Gasteiger partial charge is 0.270 e. The van der Waals surface area contributed by atoms with Gasteiger partial charge in [-0.2, -0.15) is 0 Å². The lowest BCUT2D eigenvalue weighted by molar-refractivity contribution is 0.0949. The molecule has 0 radical (unpaired) electrons. The predicted molar refractivity (Wildman–Crippen MR) is 92.4 cm³/mol. The summed E-state index contributed by atoms with van der Waals surface area (Å²) in [6.45, 7) is 2.90. The van der Waals surface area contributed by atoms with Crippen molar-refractivity contribution in [1.29, 1.82) is 0 Å². The van der Waals surface area contributed by atoms with Crippen molar-refractivity contribution in [2.75, 3.05) is 6.54 Å². The number of rotatable bonds is 7. The molecule has 0 saturated heterocycles. The van der Waals surface area contributed by atoms with Crippen molar-refractivity contribution in [2.24, 2.45) is 0 Å². The molecule has 1 N–H and O–H groups in total. The Balaban J connectivity index is 1.47. The number of thiazole rings is 1. The molecule has 5 nitrogen and oxygen atoms in total. The third kappa shape index (κ3) is 4.45. The van der Waals surface area contributed by atoms with Gasteiger partial charge in [0.25, 0.3) is 5.91 Å². The van der Waals surface area contributed by atoms with Crippen LogP contribution in [0.5, 0.6) is 5.75 Å². The second-order valence-electron chi connectivity index (χ2n) is 5.31. The highest BCUT2D eigenvalue weighted by atomic mass is 32.1. The average Bonchev–Trinajstić information content (AvgIpc) is 3.26. The summed E-state index contributed by atoms with van der Waals surface area (Å²) in [5, 5.41) is 5.35. The van der Waals surface area contributed by atoms with E-state index >= 15 is 0 Å². The summed E-state index contributed by atoms with van der Waals surface area (Å²) in [5.74, 6) is 1.46. The minimum absolute atomic E-state index is 0.181. The van der Waals surface area contributed by atoms with Crippen LogP contribution in [0.3, 0.4) is 0 Å². The molecule has 2 heterocycles. The molecule has 0 unspecified atom stereocenters. The first-order valence-electron chi connectivity index (χ1n) is 7.65. The third-order valence-corrected chi connectivity index (χ3v) is 4.23. The maximum absolute atomic E-state index is 12.1. The van der Waals surface area contributed by atoms with Gasteiger partial charge in [0.05, 0.1) is 6.26 Å². The van der Waals surface area contributed by atoms with Gasteiger partial charge in [0.2, 0.25) is 0 Å². The van der Waals surface area contributed by atoms with Crippen LogP contribution in [0, 0.1) is 6.92 Å². The van der Waals surface area contributed by atoms with Gasteiger partial charge in [-0.25, -0.2) is 4.98 Å². The van der Waals surface area contributed by atoms with Gasteiger partial charge >= 0.3 is 0 Å². The van der Waals surface area contributed by atoms with E-state index in [2.05, 4.69) is 10.3 Å². The van der Waals surface area contributed by atoms with Crippen molar-refractivity contribution in [3.63, 3.8) is 0 Å². The zero-order valence-electron chi connectivity index (χ0n) is 13.3. The third-order valence-electron chi connectivity index (χ3n) is 3.40. The Labute approximate surface area is 144 Å². The SMILES string of the molecule is Cc1ccc(OCc2nc(C(=O)NCCc3ccco3)cs2)cc1. The Bertz CT molecular complexity index is 779. The van der Waals surface area contributed by atoms with Crippen molar-refractivity contribution >= 4 is 17.2 Å². The van der Waals surface area contributed by atoms with E-state index in [1.54, 1.807) is 11.6 Å². The molecule has 0 spiro atoms. The first kappa shape index (κ1) is 16.3. The van der Waals surface area contributed by atoms with Crippen LogP contribution in [0.2, 0.25) is 0 Å². The first-order valence-corrected chi connectivity index (χ1v) is 8.53. The molecular weight excluding hydrogens is 324 g/mol. The number of ether oxygens (including phenoxy) is 1. The molecule has 0 aliphatic heterocycles. The molecule has 1 aromatic carbocycles. The second kappa shape index (κ2) is 7.79. The van der Waals surface area contributed by atoms with Crippen LogP contribution < -0.4 is 10.1 Å². The molecule has 1 amide bonds. The van der Waals surface area contributed by atoms with E-state index in [-0.39, 0.29) is 5.91 Å². The summed E-state index contributed by atoms with van der Waals surface area (Å²) in [6, 6.07) is 11.5. The topological polar surface area (TPSA) is 64.4 Å². The highest BCUT2D eigenvalue weighted by Crippen LogP contribution is 2.16. The molecule has 124 valence electrons. The van der Waals surface area contributed by atoms with E-state index < -0.39 is 0 Å². The van der Waals surface area contributed by atoms with Crippen LogP contribution in [-0.4, -0.2) is 17.4 Å². The van der Waals surface area contributed by atoms with Crippen molar-refractivity contribution in [3.8, 4) is 5.75 Å². The molecule has 0 atom stereocenters. The Kier molecular flexibility index (Phi) is 5.28. The molecule has 0 aliphatic rings. The van der Waals surface area contributed by atoms with Crippen LogP contribution >= 0.6 is 11.3 Å². The number of benzene rings is 1. The lowest BCUT2D eigenvalue weighted by atomic mass is 10.2. The molecule has 24 heavy (non-hydrogen) atoms. The van der Waals surface area contributed by atoms with Crippen LogP contribution in [-0.2, 0) is 13.0 Å². The van der Waals surface area contributed by atoms with Gasteiger partial charge in [-0.05, 0) is 31.2 Å². The van der Waals surface area contributed by atoms with Gasteiger partial charge in [0, 0.05) is 18.3 Å². The summed E-state index contributed by atoms with van der Waals surface area (Å²) >= 11 is 1.42. The first-order chi connectivity index (χ1) is 11.7. The number of amides is 1. The summed E-state index contributed by atoms with van der Waals surface area (Å²) in [4.78, 5) is 16.4. The van der Waals surface area contributed by atoms with E-state index in [0.29, 0.717) is 25.3 Å². The maximum atomic E-state index is 12.1. The molecule has 2 aromatic heterocycles. The zero-order valence-corrected chi connectivity index (χ0v) is 14.1. The molecule has 0 saturated carbocycles. The maximum Gasteiger partial charge on any atom is 0.270 e. The minimum Gasteiger partial charge on any atom is -0.486 e. The normalized spacial score (nSPS) is 10.5. The van der Waals surface area contributed by atoms with Crippen LogP contribution in [0.1, 0.15) is 26.8 Å². The Hall–Kier alpha value is -2.60. The zero-order chi connectivity index (χ0) is 16.8. The predicted octanol–water partition coefficient (Wildman–Crippen LogP) is 3.60. The fraction of sp³-hybridized carbons (Fsp3) is 0.222. The van der Waals surface area contributed by atoms with E-state index in [1.165, 1.54) is 16.9 Å². The largest absolute Gasteiger partial charge is 0.486 e. The van der Waals surface area contributed by atoms with E-state index in [0.717, 1.165) is 16.5 Å². The summed E-state index contributed by atoms with van der Waals surface area (Å²) in [6.07, 6.45) is 2.28. The molecule has 0 bridgehead atoms. The number of furan rings is 1. The summed E-state index contributed by atoms with van der Waals surface area (Å²) in [7, 11) is 0. The number of nitrogens with zero attached hydrogens (tertiary/aromatic N) is 1. The van der Waals surface area contributed by atoms with Crippen LogP contribution in [0.4, 0.5) is 0 Å². The van der Waals surface area contributed by atoms with E-state index in [1.807, 2.05) is 43.3 Å². The number of hydrogen-bond donors (Lipinski definition) is 1. The highest BCUT2D eigenvalue weighted by molar-refractivity contribution is 7.09. The van der Waals surface area contributed by atoms with Crippen molar-refractivity contribution in [1.82, 2.24) is 10.3 Å². The lowest BCUT2D eigenvalue weighted by Gasteiger charge is -2.04. The molecule has 0 aliphatic carbocycles. The summed E-state index contributed by atoms with van der Waals surface area (Å²) < 4.78 is 10.9. The van der Waals surface area contributed by atoms with Gasteiger partial charge in [-0.3, -0.25) is 4.79 Å². The monoisotopic (exact) mass is 342 g/mol. The van der Waals surface area contributed by atoms with Gasteiger partial charge in [0.1, 0.15) is 28.8 Å². The molecule has 3 aromatic rings. The molecule has 3 rings (SSSR count). The van der Waals surface area contributed by atoms with Gasteiger partial charge in [0.15, 0.2) is 0 Å². The van der Waals surface area contributed by atoms with E-state index in [9.17, 15) is 4.79 Å². The lowest BCUT2D eigenvalue weighted by Crippen LogP contribution is -2.25. The Morgan fingerprint density at radius 1 is 1.29 bits per heavy atom. The van der Waals surface area contributed by atoms with Crippen molar-refractivity contribution in [3.05, 3.63) is 70.1 Å². The molecule has 6 heteroatoms. The fourth-order valence-corrected chi connectivity index (χ4v) is 2.79. The van der Waals surface area contributed by atoms with Gasteiger partial charge in [-0.15, -0.1) is 11.3 Å². The Morgan fingerprint density at radius 3 is 2.88 bits per heavy atom. The quantitative estimate of drug-likeness (QED) is 0.712. The van der Waals surface area contributed by atoms with Gasteiger partial charge in [-0.1, -0.05) is 17.7 Å². The number of hydrogen-bond acceptors (Lipinski definition) is 5. The highest BCUT2D eigenvalue weighted by Gasteiger charge is 2.11. The second-order valence-corrected chi connectivity index (χ2v) is 6.26. The standard InChI is InChI=1S/C18H18N2O3S/c1-13-4-6-15(7-5-13)23-11-17-20-16(12-24-17)18(21)19-9-8-14-3-2-10-22-14/h2-7,10,12H,8-9,11H2,1H3,(H,19,21). The van der Waals surface area contributed by atoms with Gasteiger partial charge < -0.3 is 14.5 Å². The number of aromatic nitrogens is 1. The summed E-state index contributed by atoms with van der Waals surface area (Å²) in [5.41, 5.74) is 1.60. The van der Waals surface area contributed by atoms with Crippen LogP contribution in [0.15, 0.2) is 52.5 Å². The number of nitrogens with one attached hydrogen (secondary N) is 1. The molecule has 0 fully saturated rings. The van der Waals surface area contributed by atoms with Crippen molar-refractivity contribution in [2.45, 2.75) is 20.0 Å². The fourth-order valence-electron chi connectivity index (χ4n) is 2.11. The Morgan fingerprint density at radius 2 is 2.12 bits per heavy atom. The average molecular weight is 342 g/mol.